The SMILES string of the molecule is COc1ccc(C2CCCN2CCCCC(=O)O)cc1.Cl. The molecule has 1 fully saturated rings. The third-order valence-electron chi connectivity index (χ3n) is 3.95. The summed E-state index contributed by atoms with van der Waals surface area (Å²) in [6.07, 6.45) is 4.40. The summed E-state index contributed by atoms with van der Waals surface area (Å²) in [4.78, 5) is 13.0. The van der Waals surface area contributed by atoms with Gasteiger partial charge in [0.05, 0.1) is 7.11 Å². The zero-order valence-corrected chi connectivity index (χ0v) is 13.3. The molecular weight excluding hydrogens is 290 g/mol. The van der Waals surface area contributed by atoms with Crippen LogP contribution in [0.5, 0.6) is 5.75 Å². The number of benzene rings is 1. The number of aliphatic carboxylic acids is 1. The Morgan fingerprint density at radius 1 is 1.33 bits per heavy atom. The van der Waals surface area contributed by atoms with Crippen molar-refractivity contribution >= 4 is 18.4 Å². The van der Waals surface area contributed by atoms with Gasteiger partial charge in [-0.2, -0.15) is 0 Å². The van der Waals surface area contributed by atoms with E-state index in [0.717, 1.165) is 31.7 Å². The smallest absolute Gasteiger partial charge is 0.303 e. The highest BCUT2D eigenvalue weighted by molar-refractivity contribution is 5.85. The number of carboxylic acid groups (broad SMARTS) is 1. The van der Waals surface area contributed by atoms with E-state index in [-0.39, 0.29) is 18.8 Å². The van der Waals surface area contributed by atoms with Gasteiger partial charge in [0.15, 0.2) is 0 Å². The Labute approximate surface area is 132 Å². The van der Waals surface area contributed by atoms with Crippen LogP contribution in [-0.4, -0.2) is 36.2 Å². The van der Waals surface area contributed by atoms with Crippen molar-refractivity contribution in [2.75, 3.05) is 20.2 Å². The maximum absolute atomic E-state index is 10.5. The average Bonchev–Trinajstić information content (AvgIpc) is 2.92. The molecule has 5 heteroatoms. The second-order valence-corrected chi connectivity index (χ2v) is 5.32. The quantitative estimate of drug-likeness (QED) is 0.783. The fraction of sp³-hybridized carbons (Fsp3) is 0.562. The van der Waals surface area contributed by atoms with Crippen LogP contribution in [0.25, 0.3) is 0 Å². The Kier molecular flexibility index (Phi) is 7.54. The summed E-state index contributed by atoms with van der Waals surface area (Å²) < 4.78 is 5.19. The van der Waals surface area contributed by atoms with E-state index in [4.69, 9.17) is 9.84 Å². The molecule has 0 bridgehead atoms. The van der Waals surface area contributed by atoms with E-state index in [0.29, 0.717) is 6.04 Å². The van der Waals surface area contributed by atoms with Crippen molar-refractivity contribution in [2.45, 2.75) is 38.1 Å². The van der Waals surface area contributed by atoms with Gasteiger partial charge in [-0.05, 0) is 56.5 Å². The predicted octanol–water partition coefficient (Wildman–Crippen LogP) is 3.51. The highest BCUT2D eigenvalue weighted by Gasteiger charge is 2.25. The average molecular weight is 314 g/mol. The van der Waals surface area contributed by atoms with Crippen LogP contribution in [0.3, 0.4) is 0 Å². The molecule has 1 unspecified atom stereocenters. The van der Waals surface area contributed by atoms with Crippen molar-refractivity contribution in [1.82, 2.24) is 4.90 Å². The van der Waals surface area contributed by atoms with Gasteiger partial charge in [-0.15, -0.1) is 12.4 Å². The lowest BCUT2D eigenvalue weighted by Crippen LogP contribution is -2.24. The van der Waals surface area contributed by atoms with Gasteiger partial charge in [0.1, 0.15) is 5.75 Å². The second-order valence-electron chi connectivity index (χ2n) is 5.32. The third kappa shape index (κ3) is 5.21. The first kappa shape index (κ1) is 17.8. The molecule has 1 aliphatic rings. The summed E-state index contributed by atoms with van der Waals surface area (Å²) in [7, 11) is 1.68. The summed E-state index contributed by atoms with van der Waals surface area (Å²) in [6, 6.07) is 8.77. The van der Waals surface area contributed by atoms with E-state index < -0.39 is 5.97 Å². The molecule has 0 aliphatic carbocycles. The Balaban J connectivity index is 0.00000220. The van der Waals surface area contributed by atoms with Crippen molar-refractivity contribution in [3.05, 3.63) is 29.8 Å². The highest BCUT2D eigenvalue weighted by Crippen LogP contribution is 2.32. The summed E-state index contributed by atoms with van der Waals surface area (Å²) >= 11 is 0. The van der Waals surface area contributed by atoms with Gasteiger partial charge >= 0.3 is 5.97 Å². The standard InChI is InChI=1S/C16H23NO3.ClH/c1-20-14-9-7-13(8-10-14)15-5-4-12-17(15)11-3-2-6-16(18)19;/h7-10,15H,2-6,11-12H2,1H3,(H,18,19);1H. The number of carboxylic acids is 1. The summed E-state index contributed by atoms with van der Waals surface area (Å²) in [5, 5.41) is 8.66. The highest BCUT2D eigenvalue weighted by atomic mass is 35.5. The molecule has 21 heavy (non-hydrogen) atoms. The van der Waals surface area contributed by atoms with Gasteiger partial charge in [0, 0.05) is 12.5 Å². The molecule has 1 heterocycles. The lowest BCUT2D eigenvalue weighted by atomic mass is 10.0. The van der Waals surface area contributed by atoms with Crippen LogP contribution in [0.15, 0.2) is 24.3 Å². The fourth-order valence-corrected chi connectivity index (χ4v) is 2.89. The van der Waals surface area contributed by atoms with Crippen LogP contribution < -0.4 is 4.74 Å². The number of unbranched alkanes of at least 4 members (excludes halogenated alkanes) is 1. The van der Waals surface area contributed by atoms with E-state index in [1.54, 1.807) is 7.11 Å². The minimum Gasteiger partial charge on any atom is -0.497 e. The number of methoxy groups -OCH3 is 1. The summed E-state index contributed by atoms with van der Waals surface area (Å²) in [5.41, 5.74) is 1.33. The van der Waals surface area contributed by atoms with Crippen molar-refractivity contribution < 1.29 is 14.6 Å². The molecular formula is C16H24ClNO3. The Bertz CT molecular complexity index is 436. The minimum atomic E-state index is -0.696. The molecule has 1 N–H and O–H groups in total. The maximum Gasteiger partial charge on any atom is 0.303 e. The van der Waals surface area contributed by atoms with E-state index in [2.05, 4.69) is 17.0 Å². The van der Waals surface area contributed by atoms with Crippen LogP contribution in [0, 0.1) is 0 Å². The number of hydrogen-bond donors (Lipinski definition) is 1. The lowest BCUT2D eigenvalue weighted by Gasteiger charge is -2.24. The molecule has 2 rings (SSSR count). The number of nitrogens with zero attached hydrogens (tertiary/aromatic N) is 1. The van der Waals surface area contributed by atoms with E-state index >= 15 is 0 Å². The lowest BCUT2D eigenvalue weighted by molar-refractivity contribution is -0.137. The monoisotopic (exact) mass is 313 g/mol. The summed E-state index contributed by atoms with van der Waals surface area (Å²) in [6.45, 7) is 2.10. The summed E-state index contributed by atoms with van der Waals surface area (Å²) in [5.74, 6) is 0.192. The van der Waals surface area contributed by atoms with E-state index in [1.807, 2.05) is 12.1 Å². The second kappa shape index (κ2) is 8.90. The van der Waals surface area contributed by atoms with E-state index in [1.165, 1.54) is 18.4 Å². The molecule has 0 aromatic heterocycles. The number of ether oxygens (including phenoxy) is 1. The Morgan fingerprint density at radius 3 is 2.67 bits per heavy atom. The fourth-order valence-electron chi connectivity index (χ4n) is 2.89. The maximum atomic E-state index is 10.5. The predicted molar refractivity (Wildman–Crippen MR) is 85.3 cm³/mol. The van der Waals surface area contributed by atoms with Crippen molar-refractivity contribution in [3.63, 3.8) is 0 Å². The van der Waals surface area contributed by atoms with Crippen LogP contribution in [0.2, 0.25) is 0 Å². The molecule has 1 aromatic rings. The zero-order chi connectivity index (χ0) is 14.4. The number of hydrogen-bond acceptors (Lipinski definition) is 3. The van der Waals surface area contributed by atoms with E-state index in [9.17, 15) is 4.79 Å². The molecule has 0 radical (unpaired) electrons. The zero-order valence-electron chi connectivity index (χ0n) is 12.5. The molecule has 0 saturated carbocycles. The van der Waals surface area contributed by atoms with Gasteiger partial charge in [-0.1, -0.05) is 12.1 Å². The van der Waals surface area contributed by atoms with Crippen LogP contribution in [0.4, 0.5) is 0 Å². The van der Waals surface area contributed by atoms with Crippen molar-refractivity contribution in [1.29, 1.82) is 0 Å². The number of rotatable bonds is 7. The van der Waals surface area contributed by atoms with Gasteiger partial charge in [-0.25, -0.2) is 0 Å². The van der Waals surface area contributed by atoms with Gasteiger partial charge in [0.2, 0.25) is 0 Å². The van der Waals surface area contributed by atoms with Crippen LogP contribution in [0.1, 0.15) is 43.7 Å². The molecule has 1 atom stereocenters. The Morgan fingerprint density at radius 2 is 2.05 bits per heavy atom. The van der Waals surface area contributed by atoms with Gasteiger partial charge in [-0.3, -0.25) is 9.69 Å². The molecule has 1 aliphatic heterocycles. The molecule has 1 aromatic carbocycles. The normalized spacial score (nSPS) is 18.2. The van der Waals surface area contributed by atoms with Crippen molar-refractivity contribution in [2.24, 2.45) is 0 Å². The molecule has 0 spiro atoms. The molecule has 4 nitrogen and oxygen atoms in total. The first-order chi connectivity index (χ1) is 9.70. The topological polar surface area (TPSA) is 49.8 Å². The van der Waals surface area contributed by atoms with Gasteiger partial charge in [0.25, 0.3) is 0 Å². The third-order valence-corrected chi connectivity index (χ3v) is 3.95. The number of likely N-dealkylation sites (tertiary alicyclic amines) is 1. The number of carbonyl (C=O) groups is 1. The van der Waals surface area contributed by atoms with Crippen molar-refractivity contribution in [3.8, 4) is 5.75 Å². The first-order valence-electron chi connectivity index (χ1n) is 7.30. The molecule has 0 amide bonds. The molecule has 118 valence electrons. The van der Waals surface area contributed by atoms with Gasteiger partial charge < -0.3 is 9.84 Å². The Hall–Kier alpha value is -1.26. The minimum absolute atomic E-state index is 0. The molecule has 1 saturated heterocycles. The van der Waals surface area contributed by atoms with Crippen LogP contribution in [-0.2, 0) is 4.79 Å². The first-order valence-corrected chi connectivity index (χ1v) is 7.30. The largest absolute Gasteiger partial charge is 0.497 e. The number of halogens is 1. The van der Waals surface area contributed by atoms with Crippen LogP contribution >= 0.6 is 12.4 Å².